The molecule has 1 N–H and O–H groups in total. The molecular weight excluding hydrogens is 325 g/mol. The van der Waals surface area contributed by atoms with Crippen LogP contribution in [0.3, 0.4) is 0 Å². The Kier molecular flexibility index (Phi) is 6.22. The summed E-state index contributed by atoms with van der Waals surface area (Å²) in [4.78, 5) is 14.3. The third-order valence-corrected chi connectivity index (χ3v) is 4.03. The second kappa shape index (κ2) is 7.98. The number of ether oxygens (including phenoxy) is 1. The van der Waals surface area contributed by atoms with Crippen LogP contribution >= 0.6 is 0 Å². The molecule has 6 nitrogen and oxygen atoms in total. The largest absolute Gasteiger partial charge is 0.435 e. The van der Waals surface area contributed by atoms with Crippen LogP contribution in [-0.4, -0.2) is 59.5 Å². The minimum absolute atomic E-state index is 0.168. The van der Waals surface area contributed by atoms with E-state index in [0.717, 1.165) is 30.0 Å². The number of alkyl halides is 3. The minimum Gasteiger partial charge on any atom is -0.379 e. The SMILES string of the molecule is CC(C)[C@H](CNC(=O)Cn1ccc(C(F)(F)F)n1)N1CCOCC1. The zero-order valence-corrected chi connectivity index (χ0v) is 13.8. The van der Waals surface area contributed by atoms with Crippen molar-refractivity contribution >= 4 is 5.91 Å². The van der Waals surface area contributed by atoms with E-state index >= 15 is 0 Å². The highest BCUT2D eigenvalue weighted by atomic mass is 19.4. The van der Waals surface area contributed by atoms with Gasteiger partial charge in [0.05, 0.1) is 13.2 Å². The monoisotopic (exact) mass is 348 g/mol. The number of halogens is 3. The number of amides is 1. The summed E-state index contributed by atoms with van der Waals surface area (Å²) in [6, 6.07) is 1.03. The predicted octanol–water partition coefficient (Wildman–Crippen LogP) is 1.37. The van der Waals surface area contributed by atoms with Crippen molar-refractivity contribution in [2.75, 3.05) is 32.8 Å². The van der Waals surface area contributed by atoms with Crippen molar-refractivity contribution in [2.24, 2.45) is 5.92 Å². The Hall–Kier alpha value is -1.61. The zero-order valence-electron chi connectivity index (χ0n) is 13.8. The van der Waals surface area contributed by atoms with E-state index in [1.165, 1.54) is 0 Å². The van der Waals surface area contributed by atoms with Gasteiger partial charge in [-0.3, -0.25) is 14.4 Å². The molecule has 1 aromatic rings. The average Bonchev–Trinajstić information content (AvgIpc) is 2.97. The molecule has 1 amide bonds. The summed E-state index contributed by atoms with van der Waals surface area (Å²) < 4.78 is 43.8. The Labute approximate surface area is 138 Å². The maximum atomic E-state index is 12.5. The quantitative estimate of drug-likeness (QED) is 0.844. The van der Waals surface area contributed by atoms with Gasteiger partial charge in [0.25, 0.3) is 0 Å². The lowest BCUT2D eigenvalue weighted by Gasteiger charge is -2.36. The standard InChI is InChI=1S/C15H23F3N4O2/c1-11(2)12(21-5-7-24-8-6-21)9-19-14(23)10-22-4-3-13(20-22)15(16,17)18/h3-4,11-12H,5-10H2,1-2H3,(H,19,23)/t12-/m0/s1. The van der Waals surface area contributed by atoms with Crippen molar-refractivity contribution < 1.29 is 22.7 Å². The van der Waals surface area contributed by atoms with Gasteiger partial charge in [0.1, 0.15) is 6.54 Å². The number of nitrogens with one attached hydrogen (secondary N) is 1. The van der Waals surface area contributed by atoms with Crippen molar-refractivity contribution in [1.82, 2.24) is 20.0 Å². The molecule has 136 valence electrons. The molecular formula is C15H23F3N4O2. The van der Waals surface area contributed by atoms with Crippen LogP contribution in [0.4, 0.5) is 13.2 Å². The lowest BCUT2D eigenvalue weighted by Crippen LogP contribution is -2.51. The van der Waals surface area contributed by atoms with Crippen LogP contribution in [0.2, 0.25) is 0 Å². The van der Waals surface area contributed by atoms with Crippen LogP contribution in [0.1, 0.15) is 19.5 Å². The first-order valence-corrected chi connectivity index (χ1v) is 7.96. The predicted molar refractivity (Wildman–Crippen MR) is 81.3 cm³/mol. The number of carbonyl (C=O) groups excluding carboxylic acids is 1. The molecule has 0 unspecified atom stereocenters. The van der Waals surface area contributed by atoms with Crippen LogP contribution in [-0.2, 0) is 22.3 Å². The summed E-state index contributed by atoms with van der Waals surface area (Å²) in [7, 11) is 0. The van der Waals surface area contributed by atoms with Crippen molar-refractivity contribution in [3.05, 3.63) is 18.0 Å². The van der Waals surface area contributed by atoms with Gasteiger partial charge >= 0.3 is 6.18 Å². The normalized spacial score (nSPS) is 17.9. The molecule has 0 radical (unpaired) electrons. The number of rotatable bonds is 6. The summed E-state index contributed by atoms with van der Waals surface area (Å²) >= 11 is 0. The maximum Gasteiger partial charge on any atom is 0.435 e. The molecule has 0 aliphatic carbocycles. The van der Waals surface area contributed by atoms with Crippen molar-refractivity contribution in [1.29, 1.82) is 0 Å². The first-order valence-electron chi connectivity index (χ1n) is 7.96. The molecule has 1 saturated heterocycles. The Morgan fingerprint density at radius 1 is 1.38 bits per heavy atom. The molecule has 1 fully saturated rings. The molecule has 0 bridgehead atoms. The molecule has 24 heavy (non-hydrogen) atoms. The highest BCUT2D eigenvalue weighted by Crippen LogP contribution is 2.27. The Balaban J connectivity index is 1.85. The summed E-state index contributed by atoms with van der Waals surface area (Å²) in [6.07, 6.45) is -3.34. The van der Waals surface area contributed by atoms with Gasteiger partial charge in [-0.2, -0.15) is 18.3 Å². The van der Waals surface area contributed by atoms with Crippen LogP contribution < -0.4 is 5.32 Å². The first-order chi connectivity index (χ1) is 11.3. The van der Waals surface area contributed by atoms with Gasteiger partial charge < -0.3 is 10.1 Å². The van der Waals surface area contributed by atoms with Gasteiger partial charge in [-0.05, 0) is 12.0 Å². The number of morpholine rings is 1. The fourth-order valence-electron chi connectivity index (χ4n) is 2.72. The summed E-state index contributed by atoms with van der Waals surface area (Å²) in [5, 5.41) is 6.17. The summed E-state index contributed by atoms with van der Waals surface area (Å²) in [5.74, 6) is -0.0179. The third kappa shape index (κ3) is 5.20. The van der Waals surface area contributed by atoms with E-state index in [0.29, 0.717) is 25.7 Å². The molecule has 1 aliphatic heterocycles. The Bertz CT molecular complexity index is 539. The highest BCUT2D eigenvalue weighted by Gasteiger charge is 2.33. The lowest BCUT2D eigenvalue weighted by molar-refractivity contribution is -0.141. The highest BCUT2D eigenvalue weighted by molar-refractivity contribution is 5.75. The molecule has 2 heterocycles. The number of hydrogen-bond donors (Lipinski definition) is 1. The van der Waals surface area contributed by atoms with Crippen molar-refractivity contribution in [3.8, 4) is 0 Å². The van der Waals surface area contributed by atoms with E-state index in [-0.39, 0.29) is 18.5 Å². The molecule has 0 aromatic carbocycles. The van der Waals surface area contributed by atoms with E-state index in [9.17, 15) is 18.0 Å². The molecule has 1 aromatic heterocycles. The molecule has 1 atom stereocenters. The first kappa shape index (κ1) is 18.7. The fourth-order valence-corrected chi connectivity index (χ4v) is 2.72. The van der Waals surface area contributed by atoms with Crippen molar-refractivity contribution in [3.63, 3.8) is 0 Å². The van der Waals surface area contributed by atoms with E-state index < -0.39 is 11.9 Å². The van der Waals surface area contributed by atoms with Crippen molar-refractivity contribution in [2.45, 2.75) is 32.6 Å². The number of hydrogen-bond acceptors (Lipinski definition) is 4. The van der Waals surface area contributed by atoms with E-state index in [4.69, 9.17) is 4.74 Å². The number of carbonyl (C=O) groups is 1. The summed E-state index contributed by atoms with van der Waals surface area (Å²) in [6.45, 7) is 7.34. The van der Waals surface area contributed by atoms with Crippen LogP contribution in [0.5, 0.6) is 0 Å². The van der Waals surface area contributed by atoms with E-state index in [1.54, 1.807) is 0 Å². The van der Waals surface area contributed by atoms with Crippen LogP contribution in [0.15, 0.2) is 12.3 Å². The summed E-state index contributed by atoms with van der Waals surface area (Å²) in [5.41, 5.74) is -0.997. The molecule has 9 heteroatoms. The molecule has 0 spiro atoms. The topological polar surface area (TPSA) is 59.4 Å². The molecule has 2 rings (SSSR count). The maximum absolute atomic E-state index is 12.5. The fraction of sp³-hybridized carbons (Fsp3) is 0.733. The number of nitrogens with zero attached hydrogens (tertiary/aromatic N) is 3. The zero-order chi connectivity index (χ0) is 17.7. The molecule has 1 aliphatic rings. The Morgan fingerprint density at radius 2 is 2.04 bits per heavy atom. The minimum atomic E-state index is -4.50. The smallest absolute Gasteiger partial charge is 0.379 e. The second-order valence-electron chi connectivity index (χ2n) is 6.16. The third-order valence-electron chi connectivity index (χ3n) is 4.03. The van der Waals surface area contributed by atoms with Gasteiger partial charge in [0, 0.05) is 31.9 Å². The Morgan fingerprint density at radius 3 is 2.58 bits per heavy atom. The second-order valence-corrected chi connectivity index (χ2v) is 6.16. The van der Waals surface area contributed by atoms with Crippen LogP contribution in [0, 0.1) is 5.92 Å². The molecule has 0 saturated carbocycles. The van der Waals surface area contributed by atoms with Gasteiger partial charge in [-0.1, -0.05) is 13.8 Å². The van der Waals surface area contributed by atoms with Gasteiger partial charge in [-0.25, -0.2) is 0 Å². The average molecular weight is 348 g/mol. The van der Waals surface area contributed by atoms with Gasteiger partial charge in [-0.15, -0.1) is 0 Å². The van der Waals surface area contributed by atoms with Gasteiger partial charge in [0.15, 0.2) is 5.69 Å². The van der Waals surface area contributed by atoms with Gasteiger partial charge in [0.2, 0.25) is 5.91 Å². The van der Waals surface area contributed by atoms with E-state index in [2.05, 4.69) is 29.2 Å². The number of aromatic nitrogens is 2. The van der Waals surface area contributed by atoms with E-state index in [1.807, 2.05) is 0 Å². The van der Waals surface area contributed by atoms with Crippen LogP contribution in [0.25, 0.3) is 0 Å². The lowest BCUT2D eigenvalue weighted by atomic mass is 10.0.